The van der Waals surface area contributed by atoms with Crippen molar-refractivity contribution in [2.24, 2.45) is 0 Å². The van der Waals surface area contributed by atoms with Crippen LogP contribution in [0, 0.1) is 0 Å². The number of fused-ring (bicyclic) bond motifs is 1. The summed E-state index contributed by atoms with van der Waals surface area (Å²) in [5.41, 5.74) is 4.50. The molecule has 0 radical (unpaired) electrons. The lowest BCUT2D eigenvalue weighted by atomic mass is 9.96. The first-order valence-corrected chi connectivity index (χ1v) is 12.7. The number of likely N-dealkylation sites (tertiary alicyclic amines) is 1. The second-order valence-electron chi connectivity index (χ2n) is 9.40. The summed E-state index contributed by atoms with van der Waals surface area (Å²) in [5.74, 6) is 3.38. The molecule has 4 aromatic rings. The molecular formula is C29H29N5O4. The summed E-state index contributed by atoms with van der Waals surface area (Å²) in [6, 6.07) is 19.4. The highest BCUT2D eigenvalue weighted by Gasteiger charge is 2.28. The number of piperidine rings is 1. The lowest BCUT2D eigenvalue weighted by Gasteiger charge is -2.31. The van der Waals surface area contributed by atoms with E-state index in [-0.39, 0.29) is 18.7 Å². The monoisotopic (exact) mass is 511 g/mol. The molecule has 1 fully saturated rings. The van der Waals surface area contributed by atoms with Crippen LogP contribution in [0.1, 0.15) is 30.1 Å². The Bertz CT molecular complexity index is 1410. The van der Waals surface area contributed by atoms with E-state index in [2.05, 4.69) is 15.3 Å². The molecule has 0 atom stereocenters. The molecule has 1 saturated heterocycles. The minimum atomic E-state index is -0.0473. The zero-order valence-electron chi connectivity index (χ0n) is 21.1. The van der Waals surface area contributed by atoms with E-state index >= 15 is 0 Å². The number of imidazole rings is 1. The molecule has 0 bridgehead atoms. The highest BCUT2D eigenvalue weighted by atomic mass is 16.7. The fraction of sp³-hybridized carbons (Fsp3) is 0.276. The third kappa shape index (κ3) is 4.87. The van der Waals surface area contributed by atoms with Crippen molar-refractivity contribution < 1.29 is 19.0 Å². The lowest BCUT2D eigenvalue weighted by Crippen LogP contribution is -2.43. The SMILES string of the molecule is COc1ccc(CNC(=O)N2CCC(c3nc(-c4ccc5c(c4)OCO5)c(-c4ccccn4)[nH]3)CC2)cc1. The zero-order chi connectivity index (χ0) is 25.9. The smallest absolute Gasteiger partial charge is 0.317 e. The molecule has 0 aliphatic carbocycles. The number of nitrogens with one attached hydrogen (secondary N) is 2. The van der Waals surface area contributed by atoms with Crippen LogP contribution in [0.5, 0.6) is 17.2 Å². The Morgan fingerprint density at radius 1 is 1.08 bits per heavy atom. The molecule has 2 aromatic carbocycles. The first-order valence-electron chi connectivity index (χ1n) is 12.7. The maximum absolute atomic E-state index is 12.8. The van der Waals surface area contributed by atoms with Crippen molar-refractivity contribution in [2.75, 3.05) is 27.0 Å². The Labute approximate surface area is 220 Å². The van der Waals surface area contributed by atoms with E-state index in [1.54, 1.807) is 13.3 Å². The van der Waals surface area contributed by atoms with Gasteiger partial charge in [-0.3, -0.25) is 4.98 Å². The number of urea groups is 1. The summed E-state index contributed by atoms with van der Waals surface area (Å²) < 4.78 is 16.3. The molecule has 0 unspecified atom stereocenters. The summed E-state index contributed by atoms with van der Waals surface area (Å²) >= 11 is 0. The Kier molecular flexibility index (Phi) is 6.56. The number of aromatic nitrogens is 3. The number of hydrogen-bond acceptors (Lipinski definition) is 6. The van der Waals surface area contributed by atoms with Gasteiger partial charge in [0.1, 0.15) is 11.6 Å². The first-order chi connectivity index (χ1) is 18.7. The molecule has 9 heteroatoms. The van der Waals surface area contributed by atoms with Gasteiger partial charge in [0.2, 0.25) is 6.79 Å². The molecule has 2 aliphatic heterocycles. The number of methoxy groups -OCH3 is 1. The molecule has 9 nitrogen and oxygen atoms in total. The van der Waals surface area contributed by atoms with Crippen molar-refractivity contribution in [3.05, 3.63) is 78.2 Å². The predicted octanol–water partition coefficient (Wildman–Crippen LogP) is 4.97. The maximum Gasteiger partial charge on any atom is 0.317 e. The van der Waals surface area contributed by atoms with Gasteiger partial charge < -0.3 is 29.4 Å². The van der Waals surface area contributed by atoms with Crippen molar-refractivity contribution >= 4 is 6.03 Å². The first kappa shape index (κ1) is 23.8. The number of pyridine rings is 1. The summed E-state index contributed by atoms with van der Waals surface area (Å²) in [6.07, 6.45) is 3.43. The average molecular weight is 512 g/mol. The average Bonchev–Trinajstić information content (AvgIpc) is 3.64. The molecular weight excluding hydrogens is 482 g/mol. The van der Waals surface area contributed by atoms with E-state index in [1.807, 2.05) is 65.6 Å². The number of aromatic amines is 1. The van der Waals surface area contributed by atoms with Gasteiger partial charge in [-0.05, 0) is 60.9 Å². The number of carbonyl (C=O) groups excluding carboxylic acids is 1. The molecule has 2 aliphatic rings. The van der Waals surface area contributed by atoms with E-state index in [0.717, 1.165) is 58.4 Å². The number of hydrogen-bond donors (Lipinski definition) is 2. The lowest BCUT2D eigenvalue weighted by molar-refractivity contribution is 0.174. The molecule has 194 valence electrons. The van der Waals surface area contributed by atoms with Crippen LogP contribution in [0.15, 0.2) is 66.9 Å². The molecule has 38 heavy (non-hydrogen) atoms. The minimum Gasteiger partial charge on any atom is -0.497 e. The topological polar surface area (TPSA) is 102 Å². The summed E-state index contributed by atoms with van der Waals surface area (Å²) in [6.45, 7) is 2.04. The molecule has 4 heterocycles. The van der Waals surface area contributed by atoms with E-state index in [4.69, 9.17) is 19.2 Å². The third-order valence-corrected chi connectivity index (χ3v) is 7.06. The van der Waals surface area contributed by atoms with Crippen LogP contribution in [0.3, 0.4) is 0 Å². The Morgan fingerprint density at radius 3 is 2.66 bits per heavy atom. The van der Waals surface area contributed by atoms with Gasteiger partial charge in [-0.2, -0.15) is 0 Å². The van der Waals surface area contributed by atoms with Gasteiger partial charge in [0.25, 0.3) is 0 Å². The number of ether oxygens (including phenoxy) is 3. The molecule has 6 rings (SSSR count). The maximum atomic E-state index is 12.8. The standard InChI is InChI=1S/C29H29N5O4/c1-36-22-8-5-19(6-9-22)17-31-29(35)34-14-11-20(12-15-34)28-32-26(27(33-28)23-4-2-3-13-30-23)21-7-10-24-25(16-21)38-18-37-24/h2-10,13,16,20H,11-12,14-15,17-18H2,1H3,(H,31,35)(H,32,33). The number of benzene rings is 2. The Balaban J connectivity index is 1.15. The van der Waals surface area contributed by atoms with Crippen LogP contribution in [-0.2, 0) is 6.54 Å². The van der Waals surface area contributed by atoms with Crippen LogP contribution in [0.25, 0.3) is 22.6 Å². The summed E-state index contributed by atoms with van der Waals surface area (Å²) in [4.78, 5) is 27.8. The van der Waals surface area contributed by atoms with Gasteiger partial charge in [0.05, 0.1) is 24.2 Å². The van der Waals surface area contributed by atoms with E-state index < -0.39 is 0 Å². The van der Waals surface area contributed by atoms with Gasteiger partial charge in [0.15, 0.2) is 11.5 Å². The van der Waals surface area contributed by atoms with E-state index in [0.29, 0.717) is 25.4 Å². The summed E-state index contributed by atoms with van der Waals surface area (Å²) in [7, 11) is 1.64. The zero-order valence-corrected chi connectivity index (χ0v) is 21.1. The fourth-order valence-electron chi connectivity index (χ4n) is 4.92. The van der Waals surface area contributed by atoms with Crippen molar-refractivity contribution in [1.29, 1.82) is 0 Å². The molecule has 0 saturated carbocycles. The molecule has 0 spiro atoms. The van der Waals surface area contributed by atoms with Crippen molar-refractivity contribution in [1.82, 2.24) is 25.2 Å². The molecule has 2 amide bonds. The number of rotatable bonds is 6. The normalized spacial score (nSPS) is 14.9. The van der Waals surface area contributed by atoms with Crippen LogP contribution in [0.2, 0.25) is 0 Å². The molecule has 2 aromatic heterocycles. The van der Waals surface area contributed by atoms with E-state index in [9.17, 15) is 4.79 Å². The number of carbonyl (C=O) groups is 1. The quantitative estimate of drug-likeness (QED) is 0.379. The third-order valence-electron chi connectivity index (χ3n) is 7.06. The second kappa shape index (κ2) is 10.5. The summed E-state index contributed by atoms with van der Waals surface area (Å²) in [5, 5.41) is 3.03. The van der Waals surface area contributed by atoms with Gasteiger partial charge in [-0.1, -0.05) is 18.2 Å². The van der Waals surface area contributed by atoms with Crippen LogP contribution in [0.4, 0.5) is 4.79 Å². The highest BCUT2D eigenvalue weighted by molar-refractivity contribution is 5.78. The van der Waals surface area contributed by atoms with Gasteiger partial charge in [-0.15, -0.1) is 0 Å². The Hall–Kier alpha value is -4.53. The molecule has 2 N–H and O–H groups in total. The highest BCUT2D eigenvalue weighted by Crippen LogP contribution is 2.39. The van der Waals surface area contributed by atoms with Gasteiger partial charge in [-0.25, -0.2) is 9.78 Å². The fourth-order valence-corrected chi connectivity index (χ4v) is 4.92. The van der Waals surface area contributed by atoms with Crippen molar-refractivity contribution in [3.8, 4) is 39.9 Å². The van der Waals surface area contributed by atoms with Crippen LogP contribution in [-0.4, -0.2) is 52.9 Å². The largest absolute Gasteiger partial charge is 0.497 e. The Morgan fingerprint density at radius 2 is 1.89 bits per heavy atom. The van der Waals surface area contributed by atoms with Gasteiger partial charge >= 0.3 is 6.03 Å². The van der Waals surface area contributed by atoms with Crippen LogP contribution < -0.4 is 19.5 Å². The second-order valence-corrected chi connectivity index (χ2v) is 9.40. The number of nitrogens with zero attached hydrogens (tertiary/aromatic N) is 3. The predicted molar refractivity (Wildman–Crippen MR) is 142 cm³/mol. The minimum absolute atomic E-state index is 0.0473. The van der Waals surface area contributed by atoms with Gasteiger partial charge in [0, 0.05) is 37.3 Å². The number of H-pyrrole nitrogens is 1. The van der Waals surface area contributed by atoms with Crippen molar-refractivity contribution in [2.45, 2.75) is 25.3 Å². The van der Waals surface area contributed by atoms with E-state index in [1.165, 1.54) is 0 Å². The van der Waals surface area contributed by atoms with Crippen LogP contribution >= 0.6 is 0 Å². The number of amides is 2. The van der Waals surface area contributed by atoms with Crippen molar-refractivity contribution in [3.63, 3.8) is 0 Å².